The quantitative estimate of drug-likeness (QED) is 0.254. The summed E-state index contributed by atoms with van der Waals surface area (Å²) in [6, 6.07) is 24.7. The van der Waals surface area contributed by atoms with Crippen LogP contribution in [0.1, 0.15) is 48.7 Å². The van der Waals surface area contributed by atoms with Gasteiger partial charge < -0.3 is 20.1 Å². The predicted octanol–water partition coefficient (Wildman–Crippen LogP) is 6.66. The van der Waals surface area contributed by atoms with Crippen LogP contribution in [0.3, 0.4) is 0 Å². The zero-order chi connectivity index (χ0) is 24.6. The van der Waals surface area contributed by atoms with E-state index in [2.05, 4.69) is 17.6 Å². The van der Waals surface area contributed by atoms with Crippen molar-refractivity contribution in [2.24, 2.45) is 0 Å². The second kappa shape index (κ2) is 11.4. The minimum absolute atomic E-state index is 0.155. The Morgan fingerprint density at radius 1 is 0.971 bits per heavy atom. The molecule has 6 nitrogen and oxygen atoms in total. The van der Waals surface area contributed by atoms with Gasteiger partial charge in [0.1, 0.15) is 17.3 Å². The third kappa shape index (κ3) is 6.09. The van der Waals surface area contributed by atoms with Gasteiger partial charge in [-0.1, -0.05) is 43.7 Å². The van der Waals surface area contributed by atoms with Crippen molar-refractivity contribution < 1.29 is 14.3 Å². The van der Waals surface area contributed by atoms with Crippen molar-refractivity contribution >= 4 is 28.3 Å². The molecule has 1 heterocycles. The molecule has 4 rings (SSSR count). The molecule has 0 bridgehead atoms. The zero-order valence-corrected chi connectivity index (χ0v) is 20.4. The number of carbonyl (C=O) groups is 1. The van der Waals surface area contributed by atoms with E-state index in [-0.39, 0.29) is 11.9 Å². The van der Waals surface area contributed by atoms with Crippen molar-refractivity contribution in [3.05, 3.63) is 90.0 Å². The summed E-state index contributed by atoms with van der Waals surface area (Å²) in [7, 11) is 1.63. The van der Waals surface area contributed by atoms with E-state index in [4.69, 9.17) is 14.5 Å². The van der Waals surface area contributed by atoms with Gasteiger partial charge in [-0.15, -0.1) is 0 Å². The number of rotatable bonds is 10. The largest absolute Gasteiger partial charge is 0.497 e. The molecule has 2 N–H and O–H groups in total. The molecule has 6 heteroatoms. The van der Waals surface area contributed by atoms with Gasteiger partial charge >= 0.3 is 0 Å². The number of carbonyl (C=O) groups excluding carboxylic acids is 1. The Kier molecular flexibility index (Phi) is 7.83. The van der Waals surface area contributed by atoms with E-state index in [9.17, 15) is 4.79 Å². The molecule has 0 aliphatic heterocycles. The standard InChI is InChI=1S/C29H31N3O3/c1-4-5-18-35-24-14-10-21(11-15-24)20(2)30-29(33)26-19-28(32-27-9-7-6-8-25(26)27)31-22-12-16-23(34-3)17-13-22/h6-17,19-20H,4-5,18H2,1-3H3,(H,30,33)(H,31,32). The maximum absolute atomic E-state index is 13.4. The second-order valence-corrected chi connectivity index (χ2v) is 8.39. The van der Waals surface area contributed by atoms with Crippen LogP contribution in [0.5, 0.6) is 11.5 Å². The number of hydrogen-bond acceptors (Lipinski definition) is 5. The average Bonchev–Trinajstić information content (AvgIpc) is 2.89. The van der Waals surface area contributed by atoms with Crippen LogP contribution in [0.25, 0.3) is 10.9 Å². The van der Waals surface area contributed by atoms with Crippen LogP contribution < -0.4 is 20.1 Å². The molecule has 4 aromatic rings. The third-order valence-corrected chi connectivity index (χ3v) is 5.82. The lowest BCUT2D eigenvalue weighted by Gasteiger charge is -2.17. The van der Waals surface area contributed by atoms with Crippen molar-refractivity contribution in [1.29, 1.82) is 0 Å². The number of nitrogens with zero attached hydrogens (tertiary/aromatic N) is 1. The summed E-state index contributed by atoms with van der Waals surface area (Å²) < 4.78 is 11.0. The average molecular weight is 470 g/mol. The van der Waals surface area contributed by atoms with Gasteiger partial charge in [0.2, 0.25) is 0 Å². The topological polar surface area (TPSA) is 72.5 Å². The lowest BCUT2D eigenvalue weighted by molar-refractivity contribution is 0.0941. The Balaban J connectivity index is 1.53. The molecule has 0 aliphatic rings. The van der Waals surface area contributed by atoms with Crippen LogP contribution in [0.15, 0.2) is 78.9 Å². The summed E-state index contributed by atoms with van der Waals surface area (Å²) in [6.07, 6.45) is 2.13. The highest BCUT2D eigenvalue weighted by molar-refractivity contribution is 6.07. The van der Waals surface area contributed by atoms with Crippen molar-refractivity contribution in [2.75, 3.05) is 19.0 Å². The molecule has 0 spiro atoms. The van der Waals surface area contributed by atoms with Gasteiger partial charge in [0.15, 0.2) is 0 Å². The maximum atomic E-state index is 13.4. The number of benzene rings is 3. The summed E-state index contributed by atoms with van der Waals surface area (Å²) in [5.41, 5.74) is 3.18. The van der Waals surface area contributed by atoms with E-state index in [0.29, 0.717) is 18.0 Å². The van der Waals surface area contributed by atoms with Crippen LogP contribution >= 0.6 is 0 Å². The maximum Gasteiger partial charge on any atom is 0.252 e. The summed E-state index contributed by atoms with van der Waals surface area (Å²) in [6.45, 7) is 4.83. The Bertz CT molecular complexity index is 1270. The number of unbranched alkanes of at least 4 members (excludes halogenated alkanes) is 1. The Morgan fingerprint density at radius 2 is 1.69 bits per heavy atom. The van der Waals surface area contributed by atoms with E-state index in [1.807, 2.05) is 79.7 Å². The van der Waals surface area contributed by atoms with Gasteiger partial charge in [-0.2, -0.15) is 0 Å². The Labute approximate surface area is 206 Å². The lowest BCUT2D eigenvalue weighted by Crippen LogP contribution is -2.27. The third-order valence-electron chi connectivity index (χ3n) is 5.82. The van der Waals surface area contributed by atoms with Gasteiger partial charge in [0.05, 0.1) is 30.8 Å². The van der Waals surface area contributed by atoms with Crippen LogP contribution in [-0.2, 0) is 0 Å². The van der Waals surface area contributed by atoms with Gasteiger partial charge in [0, 0.05) is 11.1 Å². The summed E-state index contributed by atoms with van der Waals surface area (Å²) in [5, 5.41) is 7.23. The monoisotopic (exact) mass is 469 g/mol. The highest BCUT2D eigenvalue weighted by Crippen LogP contribution is 2.25. The minimum atomic E-state index is -0.169. The summed E-state index contributed by atoms with van der Waals surface area (Å²) in [5.74, 6) is 2.06. The molecule has 35 heavy (non-hydrogen) atoms. The Hall–Kier alpha value is -4.06. The fourth-order valence-corrected chi connectivity index (χ4v) is 3.79. The van der Waals surface area contributed by atoms with Gasteiger partial charge in [0.25, 0.3) is 5.91 Å². The molecule has 0 saturated carbocycles. The molecular weight excluding hydrogens is 438 g/mol. The fraction of sp³-hybridized carbons (Fsp3) is 0.241. The second-order valence-electron chi connectivity index (χ2n) is 8.39. The molecule has 180 valence electrons. The van der Waals surface area contributed by atoms with Gasteiger partial charge in [-0.05, 0) is 67.4 Å². The van der Waals surface area contributed by atoms with Crippen LogP contribution in [0, 0.1) is 0 Å². The fourth-order valence-electron chi connectivity index (χ4n) is 3.79. The van der Waals surface area contributed by atoms with E-state index in [0.717, 1.165) is 46.5 Å². The molecule has 0 saturated heterocycles. The van der Waals surface area contributed by atoms with Crippen molar-refractivity contribution in [2.45, 2.75) is 32.7 Å². The number of para-hydroxylation sites is 1. The first kappa shape index (κ1) is 24.1. The molecule has 3 aromatic carbocycles. The number of methoxy groups -OCH3 is 1. The lowest BCUT2D eigenvalue weighted by atomic mass is 10.1. The Morgan fingerprint density at radius 3 is 2.40 bits per heavy atom. The number of ether oxygens (including phenoxy) is 2. The number of hydrogen-bond donors (Lipinski definition) is 2. The minimum Gasteiger partial charge on any atom is -0.497 e. The normalized spacial score (nSPS) is 11.6. The molecule has 1 aromatic heterocycles. The summed E-state index contributed by atoms with van der Waals surface area (Å²) >= 11 is 0. The van der Waals surface area contributed by atoms with Crippen molar-refractivity contribution in [3.63, 3.8) is 0 Å². The number of amides is 1. The molecule has 1 atom stereocenters. The molecule has 1 unspecified atom stereocenters. The zero-order valence-electron chi connectivity index (χ0n) is 20.4. The van der Waals surface area contributed by atoms with Crippen LogP contribution in [0.4, 0.5) is 11.5 Å². The van der Waals surface area contributed by atoms with E-state index in [1.54, 1.807) is 13.2 Å². The summed E-state index contributed by atoms with van der Waals surface area (Å²) in [4.78, 5) is 18.1. The number of pyridine rings is 1. The number of nitrogens with one attached hydrogen (secondary N) is 2. The first-order chi connectivity index (χ1) is 17.1. The molecule has 0 aliphatic carbocycles. The first-order valence-corrected chi connectivity index (χ1v) is 11.9. The van der Waals surface area contributed by atoms with Crippen LogP contribution in [0.2, 0.25) is 0 Å². The number of fused-ring (bicyclic) bond motifs is 1. The molecule has 0 fully saturated rings. The highest BCUT2D eigenvalue weighted by Gasteiger charge is 2.16. The number of anilines is 2. The van der Waals surface area contributed by atoms with E-state index in [1.165, 1.54) is 0 Å². The predicted molar refractivity (Wildman–Crippen MR) is 141 cm³/mol. The van der Waals surface area contributed by atoms with E-state index < -0.39 is 0 Å². The van der Waals surface area contributed by atoms with Gasteiger partial charge in [-0.25, -0.2) is 4.98 Å². The molecule has 0 radical (unpaired) electrons. The van der Waals surface area contributed by atoms with Crippen LogP contribution in [-0.4, -0.2) is 24.6 Å². The molecular formula is C29H31N3O3. The number of aromatic nitrogens is 1. The smallest absolute Gasteiger partial charge is 0.252 e. The highest BCUT2D eigenvalue weighted by atomic mass is 16.5. The van der Waals surface area contributed by atoms with Crippen molar-refractivity contribution in [3.8, 4) is 11.5 Å². The molecule has 1 amide bonds. The van der Waals surface area contributed by atoms with Crippen molar-refractivity contribution in [1.82, 2.24) is 10.3 Å². The van der Waals surface area contributed by atoms with Gasteiger partial charge in [-0.3, -0.25) is 4.79 Å². The van der Waals surface area contributed by atoms with E-state index >= 15 is 0 Å². The SMILES string of the molecule is CCCCOc1ccc(C(C)NC(=O)c2cc(Nc3ccc(OC)cc3)nc3ccccc23)cc1. The first-order valence-electron chi connectivity index (χ1n) is 11.9.